The molecule has 7 heteroatoms. The molecule has 2 heterocycles. The number of hydrogen-bond donors (Lipinski definition) is 1. The summed E-state index contributed by atoms with van der Waals surface area (Å²) in [4.78, 5) is 26.0. The second-order valence-corrected chi connectivity index (χ2v) is 4.87. The van der Waals surface area contributed by atoms with Gasteiger partial charge < -0.3 is 15.4 Å². The maximum atomic E-state index is 12.5. The molecule has 7 nitrogen and oxygen atoms in total. The summed E-state index contributed by atoms with van der Waals surface area (Å²) in [5.41, 5.74) is 6.30. The van der Waals surface area contributed by atoms with Crippen molar-refractivity contribution in [3.8, 4) is 0 Å². The van der Waals surface area contributed by atoms with E-state index in [4.69, 9.17) is 10.5 Å². The maximum Gasteiger partial charge on any atom is 0.328 e. The second kappa shape index (κ2) is 5.94. The third kappa shape index (κ3) is 2.76. The zero-order valence-electron chi connectivity index (χ0n) is 11.8. The molecule has 1 aliphatic rings. The number of amides is 1. The zero-order chi connectivity index (χ0) is 14.7. The van der Waals surface area contributed by atoms with Gasteiger partial charge in [-0.3, -0.25) is 9.48 Å². The van der Waals surface area contributed by atoms with Gasteiger partial charge in [-0.15, -0.1) is 0 Å². The van der Waals surface area contributed by atoms with Crippen LogP contribution in [0.15, 0.2) is 6.20 Å². The Morgan fingerprint density at radius 1 is 1.50 bits per heavy atom. The van der Waals surface area contributed by atoms with Crippen LogP contribution in [-0.4, -0.2) is 45.8 Å². The van der Waals surface area contributed by atoms with Crippen LogP contribution in [0.1, 0.15) is 36.7 Å². The summed E-state index contributed by atoms with van der Waals surface area (Å²) in [5, 5.41) is 4.07. The summed E-state index contributed by atoms with van der Waals surface area (Å²) in [6.07, 6.45) is 3.98. The van der Waals surface area contributed by atoms with Crippen LogP contribution in [0, 0.1) is 0 Å². The molecule has 0 bridgehead atoms. The number of anilines is 1. The van der Waals surface area contributed by atoms with E-state index in [2.05, 4.69) is 5.10 Å². The van der Waals surface area contributed by atoms with Gasteiger partial charge in [0.05, 0.1) is 12.3 Å². The number of ether oxygens (including phenoxy) is 1. The van der Waals surface area contributed by atoms with Crippen LogP contribution >= 0.6 is 0 Å². The number of piperidine rings is 1. The topological polar surface area (TPSA) is 90.5 Å². The standard InChI is InChI=1S/C13H20N4O3/c1-3-20-13(19)10-6-4-5-7-17(10)12(18)11-9(14)8-16(2)15-11/h8,10H,3-7,14H2,1-2H3. The van der Waals surface area contributed by atoms with Gasteiger partial charge in [-0.2, -0.15) is 5.10 Å². The maximum absolute atomic E-state index is 12.5. The zero-order valence-corrected chi connectivity index (χ0v) is 11.8. The molecule has 1 aromatic heterocycles. The Morgan fingerprint density at radius 3 is 2.85 bits per heavy atom. The fraction of sp³-hybridized carbons (Fsp3) is 0.615. The number of esters is 1. The number of aryl methyl sites for hydroxylation is 1. The summed E-state index contributed by atoms with van der Waals surface area (Å²) in [5.74, 6) is -0.657. The molecule has 2 N–H and O–H groups in total. The predicted octanol–water partition coefficient (Wildman–Crippen LogP) is 0.560. The van der Waals surface area contributed by atoms with Gasteiger partial charge in [0.1, 0.15) is 6.04 Å². The minimum atomic E-state index is -0.530. The number of nitrogens with zero attached hydrogens (tertiary/aromatic N) is 3. The molecule has 1 atom stereocenters. The fourth-order valence-corrected chi connectivity index (χ4v) is 2.47. The van der Waals surface area contributed by atoms with Crippen LogP contribution in [0.5, 0.6) is 0 Å². The SMILES string of the molecule is CCOC(=O)C1CCCCN1C(=O)c1nn(C)cc1N. The van der Waals surface area contributed by atoms with Gasteiger partial charge >= 0.3 is 5.97 Å². The molecule has 0 spiro atoms. The van der Waals surface area contributed by atoms with Crippen molar-refractivity contribution in [2.75, 3.05) is 18.9 Å². The second-order valence-electron chi connectivity index (χ2n) is 4.87. The quantitative estimate of drug-likeness (QED) is 0.817. The van der Waals surface area contributed by atoms with E-state index in [0.29, 0.717) is 25.3 Å². The first-order chi connectivity index (χ1) is 9.54. The molecule has 2 rings (SSSR count). The molecule has 1 fully saturated rings. The summed E-state index contributed by atoms with van der Waals surface area (Å²) in [6.45, 7) is 2.59. The number of carbonyl (C=O) groups is 2. The fourth-order valence-electron chi connectivity index (χ4n) is 2.47. The van der Waals surface area contributed by atoms with E-state index in [1.807, 2.05) is 0 Å². The number of hydrogen-bond acceptors (Lipinski definition) is 5. The van der Waals surface area contributed by atoms with Gasteiger partial charge in [-0.1, -0.05) is 0 Å². The molecular formula is C13H20N4O3. The van der Waals surface area contributed by atoms with E-state index in [1.165, 1.54) is 9.58 Å². The highest BCUT2D eigenvalue weighted by Gasteiger charge is 2.35. The van der Waals surface area contributed by atoms with E-state index in [1.54, 1.807) is 20.2 Å². The lowest BCUT2D eigenvalue weighted by atomic mass is 10.0. The van der Waals surface area contributed by atoms with Crippen molar-refractivity contribution in [2.45, 2.75) is 32.2 Å². The van der Waals surface area contributed by atoms with Crippen molar-refractivity contribution in [3.63, 3.8) is 0 Å². The summed E-state index contributed by atoms with van der Waals surface area (Å²) in [7, 11) is 1.70. The average molecular weight is 280 g/mol. The van der Waals surface area contributed by atoms with Crippen molar-refractivity contribution in [1.29, 1.82) is 0 Å². The highest BCUT2D eigenvalue weighted by atomic mass is 16.5. The number of carbonyl (C=O) groups excluding carboxylic acids is 2. The van der Waals surface area contributed by atoms with Gasteiger partial charge in [0, 0.05) is 19.8 Å². The Bertz CT molecular complexity index is 512. The van der Waals surface area contributed by atoms with Gasteiger partial charge in [-0.25, -0.2) is 4.79 Å². The Hall–Kier alpha value is -2.05. The first-order valence-corrected chi connectivity index (χ1v) is 6.81. The van der Waals surface area contributed by atoms with E-state index >= 15 is 0 Å². The van der Waals surface area contributed by atoms with Gasteiger partial charge in [0.15, 0.2) is 5.69 Å². The van der Waals surface area contributed by atoms with E-state index in [9.17, 15) is 9.59 Å². The number of likely N-dealkylation sites (tertiary alicyclic amines) is 1. The molecule has 1 saturated heterocycles. The van der Waals surface area contributed by atoms with E-state index in [0.717, 1.165) is 12.8 Å². The average Bonchev–Trinajstić information content (AvgIpc) is 2.77. The molecule has 0 aliphatic carbocycles. The number of nitrogen functional groups attached to an aromatic ring is 1. The Morgan fingerprint density at radius 2 is 2.25 bits per heavy atom. The van der Waals surface area contributed by atoms with Crippen molar-refractivity contribution >= 4 is 17.6 Å². The third-order valence-corrected chi connectivity index (χ3v) is 3.38. The third-order valence-electron chi connectivity index (χ3n) is 3.38. The van der Waals surface area contributed by atoms with Crippen molar-refractivity contribution in [2.24, 2.45) is 7.05 Å². The summed E-state index contributed by atoms with van der Waals surface area (Å²) in [6, 6.07) is -0.530. The number of rotatable bonds is 3. The van der Waals surface area contributed by atoms with Gasteiger partial charge in [0.2, 0.25) is 0 Å². The lowest BCUT2D eigenvalue weighted by Crippen LogP contribution is -2.49. The van der Waals surface area contributed by atoms with Crippen molar-refractivity contribution in [1.82, 2.24) is 14.7 Å². The highest BCUT2D eigenvalue weighted by Crippen LogP contribution is 2.22. The van der Waals surface area contributed by atoms with Crippen LogP contribution < -0.4 is 5.73 Å². The molecule has 20 heavy (non-hydrogen) atoms. The lowest BCUT2D eigenvalue weighted by Gasteiger charge is -2.33. The smallest absolute Gasteiger partial charge is 0.328 e. The largest absolute Gasteiger partial charge is 0.464 e. The van der Waals surface area contributed by atoms with Crippen molar-refractivity contribution in [3.05, 3.63) is 11.9 Å². The van der Waals surface area contributed by atoms with E-state index < -0.39 is 6.04 Å². The number of nitrogens with two attached hydrogens (primary N) is 1. The minimum Gasteiger partial charge on any atom is -0.464 e. The molecular weight excluding hydrogens is 260 g/mol. The van der Waals surface area contributed by atoms with Crippen LogP contribution in [0.3, 0.4) is 0 Å². The Kier molecular flexibility index (Phi) is 4.26. The molecule has 1 amide bonds. The molecule has 1 aliphatic heterocycles. The molecule has 0 aromatic carbocycles. The van der Waals surface area contributed by atoms with Gasteiger partial charge in [-0.05, 0) is 26.2 Å². The molecule has 0 saturated carbocycles. The Balaban J connectivity index is 2.21. The van der Waals surface area contributed by atoms with Crippen LogP contribution in [-0.2, 0) is 16.6 Å². The van der Waals surface area contributed by atoms with E-state index in [-0.39, 0.29) is 17.6 Å². The monoisotopic (exact) mass is 280 g/mol. The highest BCUT2D eigenvalue weighted by molar-refractivity contribution is 5.99. The molecule has 1 aromatic rings. The lowest BCUT2D eigenvalue weighted by molar-refractivity contribution is -0.149. The molecule has 1 unspecified atom stereocenters. The molecule has 110 valence electrons. The van der Waals surface area contributed by atoms with Crippen molar-refractivity contribution < 1.29 is 14.3 Å². The first kappa shape index (κ1) is 14.4. The molecule has 0 radical (unpaired) electrons. The minimum absolute atomic E-state index is 0.198. The number of aromatic nitrogens is 2. The van der Waals surface area contributed by atoms with Crippen LogP contribution in [0.4, 0.5) is 5.69 Å². The van der Waals surface area contributed by atoms with Crippen LogP contribution in [0.2, 0.25) is 0 Å². The first-order valence-electron chi connectivity index (χ1n) is 6.81. The predicted molar refractivity (Wildman–Crippen MR) is 72.9 cm³/mol. The summed E-state index contributed by atoms with van der Waals surface area (Å²) < 4.78 is 6.54. The van der Waals surface area contributed by atoms with Gasteiger partial charge in [0.25, 0.3) is 5.91 Å². The van der Waals surface area contributed by atoms with Crippen LogP contribution in [0.25, 0.3) is 0 Å². The normalized spacial score (nSPS) is 18.9. The Labute approximate surface area is 117 Å². The summed E-state index contributed by atoms with van der Waals surface area (Å²) >= 11 is 0.